The van der Waals surface area contributed by atoms with Crippen molar-refractivity contribution in [1.82, 2.24) is 5.16 Å². The monoisotopic (exact) mass is 388 g/mol. The lowest BCUT2D eigenvalue weighted by molar-refractivity contribution is -0.118. The van der Waals surface area contributed by atoms with Gasteiger partial charge in [0.1, 0.15) is 5.75 Å². The van der Waals surface area contributed by atoms with E-state index in [1.165, 1.54) is 0 Å². The highest BCUT2D eigenvalue weighted by atomic mass is 79.9. The number of anilines is 1. The number of nitrogens with zero attached hydrogens (tertiary/aromatic N) is 1. The Labute approximate surface area is 126 Å². The number of rotatable bonds is 4. The molecule has 0 saturated heterocycles. The van der Waals surface area contributed by atoms with Crippen LogP contribution in [0.2, 0.25) is 0 Å². The third-order valence-electron chi connectivity index (χ3n) is 2.14. The van der Waals surface area contributed by atoms with Crippen LogP contribution in [0.3, 0.4) is 0 Å². The van der Waals surface area contributed by atoms with Crippen LogP contribution in [-0.4, -0.2) is 17.7 Å². The number of benzene rings is 1. The van der Waals surface area contributed by atoms with Crippen molar-refractivity contribution < 1.29 is 14.1 Å². The van der Waals surface area contributed by atoms with Crippen LogP contribution in [0.1, 0.15) is 5.69 Å². The van der Waals surface area contributed by atoms with E-state index in [0.717, 1.165) is 8.95 Å². The Hall–Kier alpha value is -1.34. The molecular weight excluding hydrogens is 380 g/mol. The van der Waals surface area contributed by atoms with Crippen molar-refractivity contribution in [3.8, 4) is 5.75 Å². The van der Waals surface area contributed by atoms with Gasteiger partial charge in [-0.2, -0.15) is 0 Å². The maximum atomic E-state index is 11.6. The number of nitrogens with one attached hydrogen (secondary N) is 1. The zero-order valence-electron chi connectivity index (χ0n) is 9.94. The van der Waals surface area contributed by atoms with Gasteiger partial charge in [-0.15, -0.1) is 0 Å². The van der Waals surface area contributed by atoms with Gasteiger partial charge in [-0.1, -0.05) is 21.1 Å². The average Bonchev–Trinajstić information content (AvgIpc) is 2.73. The first-order valence-corrected chi connectivity index (χ1v) is 6.94. The molecule has 2 aromatic rings. The minimum Gasteiger partial charge on any atom is -0.483 e. The van der Waals surface area contributed by atoms with Crippen molar-refractivity contribution in [2.75, 3.05) is 11.9 Å². The van der Waals surface area contributed by atoms with Crippen molar-refractivity contribution in [2.24, 2.45) is 0 Å². The van der Waals surface area contributed by atoms with Gasteiger partial charge < -0.3 is 9.26 Å². The first kappa shape index (κ1) is 14.1. The molecule has 0 unspecified atom stereocenters. The number of hydrogen-bond donors (Lipinski definition) is 1. The Morgan fingerprint density at radius 1 is 1.42 bits per heavy atom. The normalized spacial score (nSPS) is 10.3. The standard InChI is InChI=1S/C12H10Br2N2O3/c1-7-4-12(19-16-7)15-11(17)6-18-10-3-2-8(13)5-9(10)14/h2-5H,6H2,1H3,(H,15,17). The van der Waals surface area contributed by atoms with E-state index in [1.54, 1.807) is 19.1 Å². The van der Waals surface area contributed by atoms with Gasteiger partial charge in [0.15, 0.2) is 6.61 Å². The summed E-state index contributed by atoms with van der Waals surface area (Å²) in [5.74, 6) is 0.582. The van der Waals surface area contributed by atoms with Crippen LogP contribution in [0.4, 0.5) is 5.88 Å². The zero-order valence-corrected chi connectivity index (χ0v) is 13.1. The number of halogens is 2. The highest BCUT2D eigenvalue weighted by molar-refractivity contribution is 9.11. The lowest BCUT2D eigenvalue weighted by Crippen LogP contribution is -2.19. The fourth-order valence-electron chi connectivity index (χ4n) is 1.33. The second-order valence-electron chi connectivity index (χ2n) is 3.74. The summed E-state index contributed by atoms with van der Waals surface area (Å²) in [7, 11) is 0. The molecule has 1 aromatic carbocycles. The van der Waals surface area contributed by atoms with Gasteiger partial charge in [0.2, 0.25) is 5.88 Å². The Balaban J connectivity index is 1.89. The van der Waals surface area contributed by atoms with Gasteiger partial charge in [-0.05, 0) is 41.1 Å². The summed E-state index contributed by atoms with van der Waals surface area (Å²) < 4.78 is 12.0. The molecule has 0 fully saturated rings. The molecule has 0 radical (unpaired) electrons. The quantitative estimate of drug-likeness (QED) is 0.868. The smallest absolute Gasteiger partial charge is 0.264 e. The minimum absolute atomic E-state index is 0.111. The summed E-state index contributed by atoms with van der Waals surface area (Å²) in [6, 6.07) is 7.07. The van der Waals surface area contributed by atoms with Gasteiger partial charge in [0, 0.05) is 10.5 Å². The van der Waals surface area contributed by atoms with E-state index in [9.17, 15) is 4.79 Å². The van der Waals surface area contributed by atoms with Crippen LogP contribution in [-0.2, 0) is 4.79 Å². The maximum Gasteiger partial charge on any atom is 0.264 e. The van der Waals surface area contributed by atoms with Gasteiger partial charge in [-0.3, -0.25) is 10.1 Å². The number of amides is 1. The number of carbonyl (C=O) groups is 1. The van der Waals surface area contributed by atoms with E-state index in [4.69, 9.17) is 9.26 Å². The second kappa shape index (κ2) is 6.21. The summed E-state index contributed by atoms with van der Waals surface area (Å²) in [5.41, 5.74) is 0.701. The number of aromatic nitrogens is 1. The first-order valence-electron chi connectivity index (χ1n) is 5.35. The van der Waals surface area contributed by atoms with Crippen LogP contribution < -0.4 is 10.1 Å². The largest absolute Gasteiger partial charge is 0.483 e. The fraction of sp³-hybridized carbons (Fsp3) is 0.167. The van der Waals surface area contributed by atoms with Crippen LogP contribution >= 0.6 is 31.9 Å². The Morgan fingerprint density at radius 3 is 2.84 bits per heavy atom. The Kier molecular flexibility index (Phi) is 4.60. The molecule has 0 aliphatic rings. The number of aryl methyl sites for hydroxylation is 1. The number of hydrogen-bond acceptors (Lipinski definition) is 4. The van der Waals surface area contributed by atoms with Crippen molar-refractivity contribution >= 4 is 43.7 Å². The highest BCUT2D eigenvalue weighted by Crippen LogP contribution is 2.28. The molecule has 0 aliphatic carbocycles. The summed E-state index contributed by atoms with van der Waals surface area (Å²) >= 11 is 6.69. The number of carbonyl (C=O) groups excluding carboxylic acids is 1. The summed E-state index contributed by atoms with van der Waals surface area (Å²) in [5, 5.41) is 6.21. The molecule has 0 atom stereocenters. The molecule has 19 heavy (non-hydrogen) atoms. The van der Waals surface area contributed by atoms with Crippen molar-refractivity contribution in [1.29, 1.82) is 0 Å². The summed E-state index contributed by atoms with van der Waals surface area (Å²) in [6.07, 6.45) is 0. The van der Waals surface area contributed by atoms with E-state index in [0.29, 0.717) is 17.3 Å². The van der Waals surface area contributed by atoms with Crippen LogP contribution in [0.25, 0.3) is 0 Å². The van der Waals surface area contributed by atoms with Gasteiger partial charge in [0.25, 0.3) is 5.91 Å². The molecule has 100 valence electrons. The average molecular weight is 390 g/mol. The highest BCUT2D eigenvalue weighted by Gasteiger charge is 2.09. The maximum absolute atomic E-state index is 11.6. The lowest BCUT2D eigenvalue weighted by atomic mass is 10.3. The van der Waals surface area contributed by atoms with E-state index < -0.39 is 0 Å². The van der Waals surface area contributed by atoms with Crippen LogP contribution in [0, 0.1) is 6.92 Å². The molecule has 2 rings (SSSR count). The van der Waals surface area contributed by atoms with Gasteiger partial charge in [-0.25, -0.2) is 0 Å². The van der Waals surface area contributed by atoms with Crippen LogP contribution in [0.5, 0.6) is 5.75 Å². The second-order valence-corrected chi connectivity index (χ2v) is 5.51. The molecule has 0 bridgehead atoms. The Bertz CT molecular complexity index is 598. The topological polar surface area (TPSA) is 64.4 Å². The van der Waals surface area contributed by atoms with Crippen molar-refractivity contribution in [3.63, 3.8) is 0 Å². The van der Waals surface area contributed by atoms with E-state index in [1.807, 2.05) is 12.1 Å². The molecule has 5 nitrogen and oxygen atoms in total. The van der Waals surface area contributed by atoms with Crippen molar-refractivity contribution in [2.45, 2.75) is 6.92 Å². The minimum atomic E-state index is -0.314. The predicted octanol–water partition coefficient (Wildman–Crippen LogP) is 3.53. The van der Waals surface area contributed by atoms with E-state index in [2.05, 4.69) is 42.3 Å². The zero-order chi connectivity index (χ0) is 13.8. The molecule has 0 spiro atoms. The predicted molar refractivity (Wildman–Crippen MR) is 77.2 cm³/mol. The third-order valence-corrected chi connectivity index (χ3v) is 3.26. The SMILES string of the molecule is Cc1cc(NC(=O)COc2ccc(Br)cc2Br)on1. The first-order chi connectivity index (χ1) is 9.04. The van der Waals surface area contributed by atoms with Gasteiger partial charge in [0.05, 0.1) is 10.2 Å². The fourth-order valence-corrected chi connectivity index (χ4v) is 2.49. The third kappa shape index (κ3) is 4.07. The molecular formula is C12H10Br2N2O3. The Morgan fingerprint density at radius 2 is 2.21 bits per heavy atom. The summed E-state index contributed by atoms with van der Waals surface area (Å²) in [4.78, 5) is 11.6. The molecule has 1 aromatic heterocycles. The molecule has 0 aliphatic heterocycles. The molecule has 1 heterocycles. The van der Waals surface area contributed by atoms with Gasteiger partial charge >= 0.3 is 0 Å². The lowest BCUT2D eigenvalue weighted by Gasteiger charge is -2.07. The molecule has 0 saturated carbocycles. The van der Waals surface area contributed by atoms with E-state index >= 15 is 0 Å². The van der Waals surface area contributed by atoms with E-state index in [-0.39, 0.29) is 12.5 Å². The molecule has 1 N–H and O–H groups in total. The number of ether oxygens (including phenoxy) is 1. The molecule has 1 amide bonds. The molecule has 7 heteroatoms. The van der Waals surface area contributed by atoms with Crippen molar-refractivity contribution in [3.05, 3.63) is 38.9 Å². The summed E-state index contributed by atoms with van der Waals surface area (Å²) in [6.45, 7) is 1.66. The van der Waals surface area contributed by atoms with Crippen LogP contribution in [0.15, 0.2) is 37.7 Å².